The highest BCUT2D eigenvalue weighted by Gasteiger charge is 2.56. The Bertz CT molecular complexity index is 1790. The third kappa shape index (κ3) is 7.51. The number of benzene rings is 2. The molecule has 5 rings (SSSR count). The maximum absolute atomic E-state index is 14.7. The van der Waals surface area contributed by atoms with Crippen molar-refractivity contribution < 1.29 is 41.7 Å². The van der Waals surface area contributed by atoms with E-state index >= 15 is 0 Å². The lowest BCUT2D eigenvalue weighted by Crippen LogP contribution is -2.51. The summed E-state index contributed by atoms with van der Waals surface area (Å²) < 4.78 is 69.6. The second-order valence-corrected chi connectivity index (χ2v) is 11.2. The zero-order valence-corrected chi connectivity index (χ0v) is 25.5. The van der Waals surface area contributed by atoms with Crippen molar-refractivity contribution >= 4 is 11.8 Å². The van der Waals surface area contributed by atoms with Gasteiger partial charge < -0.3 is 25.6 Å². The van der Waals surface area contributed by atoms with E-state index in [1.807, 2.05) is 13.0 Å². The molecule has 13 heteroatoms. The zero-order valence-electron chi connectivity index (χ0n) is 25.5. The van der Waals surface area contributed by atoms with Crippen molar-refractivity contribution in [3.05, 3.63) is 95.2 Å². The van der Waals surface area contributed by atoms with Gasteiger partial charge >= 0.3 is 6.18 Å². The molecule has 2 aromatic carbocycles. The van der Waals surface area contributed by atoms with E-state index < -0.39 is 48.1 Å². The molecule has 1 saturated carbocycles. The van der Waals surface area contributed by atoms with E-state index in [-0.39, 0.29) is 40.8 Å². The van der Waals surface area contributed by atoms with Crippen LogP contribution in [-0.4, -0.2) is 52.3 Å². The Balaban J connectivity index is 1.53. The summed E-state index contributed by atoms with van der Waals surface area (Å²) in [6, 6.07) is 11.9. The van der Waals surface area contributed by atoms with Crippen LogP contribution in [0.1, 0.15) is 46.9 Å². The molecule has 2 aromatic heterocycles. The first-order valence-corrected chi connectivity index (χ1v) is 14.8. The van der Waals surface area contributed by atoms with Crippen molar-refractivity contribution in [2.45, 2.75) is 51.0 Å². The predicted octanol–water partition coefficient (Wildman–Crippen LogP) is 5.41. The van der Waals surface area contributed by atoms with Crippen LogP contribution in [0, 0.1) is 12.7 Å². The summed E-state index contributed by atoms with van der Waals surface area (Å²) >= 11 is 0. The second-order valence-electron chi connectivity index (χ2n) is 11.2. The zero-order chi connectivity index (χ0) is 33.9. The van der Waals surface area contributed by atoms with Crippen LogP contribution in [0.4, 0.5) is 17.6 Å². The second kappa shape index (κ2) is 13.4. The van der Waals surface area contributed by atoms with E-state index in [0.717, 1.165) is 36.6 Å². The Morgan fingerprint density at radius 2 is 1.77 bits per heavy atom. The number of nitrogens with two attached hydrogens (primary N) is 1. The van der Waals surface area contributed by atoms with Crippen LogP contribution in [0.2, 0.25) is 0 Å². The van der Waals surface area contributed by atoms with Gasteiger partial charge in [-0.3, -0.25) is 14.6 Å². The molecular weight excluding hydrogens is 620 g/mol. The summed E-state index contributed by atoms with van der Waals surface area (Å²) in [5, 5.41) is 13.5. The largest absolute Gasteiger partial charge is 0.491 e. The minimum Gasteiger partial charge on any atom is -0.491 e. The van der Waals surface area contributed by atoms with Gasteiger partial charge in [0.05, 0.1) is 31.4 Å². The van der Waals surface area contributed by atoms with Crippen LogP contribution >= 0.6 is 0 Å². The molecule has 1 fully saturated rings. The first-order chi connectivity index (χ1) is 22.3. The number of halogens is 4. The number of hydrogen-bond donors (Lipinski definition) is 3. The van der Waals surface area contributed by atoms with Crippen LogP contribution in [0.5, 0.6) is 11.5 Å². The van der Waals surface area contributed by atoms with Crippen LogP contribution < -0.4 is 20.5 Å². The smallest absolute Gasteiger partial charge is 0.424 e. The van der Waals surface area contributed by atoms with Gasteiger partial charge in [-0.25, -0.2) is 9.37 Å². The summed E-state index contributed by atoms with van der Waals surface area (Å²) in [4.78, 5) is 33.6. The van der Waals surface area contributed by atoms with Crippen molar-refractivity contribution in [1.29, 1.82) is 0 Å². The van der Waals surface area contributed by atoms with Gasteiger partial charge in [0.25, 0.3) is 5.91 Å². The van der Waals surface area contributed by atoms with Crippen molar-refractivity contribution in [3.63, 3.8) is 0 Å². The molecule has 0 radical (unpaired) electrons. The van der Waals surface area contributed by atoms with Gasteiger partial charge in [-0.1, -0.05) is 0 Å². The topological polar surface area (TPSA) is 137 Å². The molecule has 1 aliphatic carbocycles. The van der Waals surface area contributed by atoms with Gasteiger partial charge in [0, 0.05) is 40.2 Å². The Kier molecular flexibility index (Phi) is 9.48. The number of nitrogens with zero attached hydrogens (tertiary/aromatic N) is 2. The molecule has 0 bridgehead atoms. The van der Waals surface area contributed by atoms with Gasteiger partial charge in [-0.05, 0) is 86.8 Å². The number of carbonyl (C=O) groups is 2. The van der Waals surface area contributed by atoms with Gasteiger partial charge in [0.2, 0.25) is 11.5 Å². The standard InChI is InChI=1S/C34H32F4N4O5/c1-3-46-31-22(15-29(39)43)14-28(42-30(31)20-4-7-24(35)8-5-20)33(45,34(36,37)38)18-41-32(44)21-6-11-27(47-25-9-10-25)26(13-21)23-12-19(2)16-40-17-23/h4-8,11-14,16-17,25,45H,3,9-10,15,18H2,1-2H3,(H2,39,43)(H,41,44)/t33-/m0/s1. The molecule has 1 aliphatic rings. The van der Waals surface area contributed by atoms with E-state index in [1.54, 1.807) is 25.4 Å². The number of primary amides is 1. The summed E-state index contributed by atoms with van der Waals surface area (Å²) in [5.74, 6) is -1.96. The predicted molar refractivity (Wildman–Crippen MR) is 164 cm³/mol. The third-order valence-electron chi connectivity index (χ3n) is 7.46. The Hall–Kier alpha value is -5.04. The molecule has 2 heterocycles. The van der Waals surface area contributed by atoms with E-state index in [1.165, 1.54) is 24.3 Å². The first kappa shape index (κ1) is 33.3. The van der Waals surface area contributed by atoms with Gasteiger partial charge in [-0.15, -0.1) is 0 Å². The van der Waals surface area contributed by atoms with Crippen molar-refractivity contribution in [2.75, 3.05) is 13.2 Å². The molecule has 4 aromatic rings. The van der Waals surface area contributed by atoms with Crippen LogP contribution in [0.25, 0.3) is 22.4 Å². The number of aromatic nitrogens is 2. The average Bonchev–Trinajstić information content (AvgIpc) is 3.84. The highest BCUT2D eigenvalue weighted by molar-refractivity contribution is 5.96. The lowest BCUT2D eigenvalue weighted by molar-refractivity contribution is -0.265. The van der Waals surface area contributed by atoms with Crippen molar-refractivity contribution in [1.82, 2.24) is 15.3 Å². The minimum absolute atomic E-state index is 0.00949. The number of pyridine rings is 2. The molecule has 246 valence electrons. The lowest BCUT2D eigenvalue weighted by Gasteiger charge is -2.31. The number of aryl methyl sites for hydroxylation is 1. The number of rotatable bonds is 12. The fraction of sp³-hybridized carbons (Fsp3) is 0.294. The highest BCUT2D eigenvalue weighted by Crippen LogP contribution is 2.42. The monoisotopic (exact) mass is 652 g/mol. The molecule has 47 heavy (non-hydrogen) atoms. The SMILES string of the molecule is CCOc1c(CC(N)=O)cc([C@@](O)(CNC(=O)c2ccc(OC3CC3)c(-c3cncc(C)c3)c2)C(F)(F)F)nc1-c1ccc(F)cc1. The molecule has 2 amide bonds. The van der Waals surface area contributed by atoms with Gasteiger partial charge in [-0.2, -0.15) is 13.2 Å². The fourth-order valence-electron chi connectivity index (χ4n) is 4.94. The summed E-state index contributed by atoms with van der Waals surface area (Å²) in [6.07, 6.45) is -0.859. The van der Waals surface area contributed by atoms with Crippen molar-refractivity contribution in [3.8, 4) is 33.9 Å². The number of ether oxygens (including phenoxy) is 2. The number of aliphatic hydroxyl groups is 1. The third-order valence-corrected chi connectivity index (χ3v) is 7.46. The van der Waals surface area contributed by atoms with E-state index in [9.17, 15) is 32.3 Å². The lowest BCUT2D eigenvalue weighted by atomic mass is 9.93. The molecule has 9 nitrogen and oxygen atoms in total. The quantitative estimate of drug-likeness (QED) is 0.174. The summed E-state index contributed by atoms with van der Waals surface area (Å²) in [5.41, 5.74) is 2.66. The molecule has 0 unspecified atom stereocenters. The molecule has 4 N–H and O–H groups in total. The number of amides is 2. The molecule has 1 atom stereocenters. The first-order valence-electron chi connectivity index (χ1n) is 14.8. The number of carbonyl (C=O) groups excluding carboxylic acids is 2. The number of alkyl halides is 3. The molecule has 0 saturated heterocycles. The van der Waals surface area contributed by atoms with Crippen molar-refractivity contribution in [2.24, 2.45) is 5.73 Å². The van der Waals surface area contributed by atoms with Crippen LogP contribution in [0.15, 0.2) is 67.0 Å². The maximum Gasteiger partial charge on any atom is 0.424 e. The highest BCUT2D eigenvalue weighted by atomic mass is 19.4. The number of nitrogens with one attached hydrogen (secondary N) is 1. The Morgan fingerprint density at radius 3 is 2.38 bits per heavy atom. The van der Waals surface area contributed by atoms with Crippen LogP contribution in [0.3, 0.4) is 0 Å². The maximum atomic E-state index is 14.7. The van der Waals surface area contributed by atoms with Gasteiger partial charge in [0.15, 0.2) is 0 Å². The van der Waals surface area contributed by atoms with E-state index in [2.05, 4.69) is 15.3 Å². The summed E-state index contributed by atoms with van der Waals surface area (Å²) in [7, 11) is 0. The number of hydrogen-bond acceptors (Lipinski definition) is 7. The Morgan fingerprint density at radius 1 is 1.04 bits per heavy atom. The fourth-order valence-corrected chi connectivity index (χ4v) is 4.94. The summed E-state index contributed by atoms with van der Waals surface area (Å²) in [6.45, 7) is 2.17. The normalized spacial score (nSPS) is 14.3. The average molecular weight is 653 g/mol. The molecule has 0 spiro atoms. The van der Waals surface area contributed by atoms with Gasteiger partial charge in [0.1, 0.15) is 23.0 Å². The molecule has 0 aliphatic heterocycles. The minimum atomic E-state index is -5.36. The van der Waals surface area contributed by atoms with E-state index in [4.69, 9.17) is 15.2 Å². The van der Waals surface area contributed by atoms with E-state index in [0.29, 0.717) is 16.9 Å². The molecular formula is C34H32F4N4O5. The van der Waals surface area contributed by atoms with Crippen LogP contribution in [-0.2, 0) is 16.8 Å². The Labute approximate surface area is 267 Å².